The number of benzene rings is 2. The van der Waals surface area contributed by atoms with E-state index < -0.39 is 11.9 Å². The fourth-order valence-corrected chi connectivity index (χ4v) is 2.34. The van der Waals surface area contributed by atoms with Crippen LogP contribution in [0.15, 0.2) is 58.0 Å². The zero-order valence-electron chi connectivity index (χ0n) is 14.0. The SMILES string of the molecule is COc1ccc(N=Cc2c(-c3ccc(C#N)cc3)noc2C(F)(F)F)cc1. The van der Waals surface area contributed by atoms with E-state index in [1.165, 1.54) is 31.4 Å². The highest BCUT2D eigenvalue weighted by Crippen LogP contribution is 2.36. The van der Waals surface area contributed by atoms with Gasteiger partial charge in [-0.1, -0.05) is 17.3 Å². The van der Waals surface area contributed by atoms with Crippen LogP contribution in [0.1, 0.15) is 16.9 Å². The molecule has 0 aliphatic rings. The fraction of sp³-hybridized carbons (Fsp3) is 0.105. The third kappa shape index (κ3) is 3.98. The Morgan fingerprint density at radius 1 is 1.11 bits per heavy atom. The van der Waals surface area contributed by atoms with Crippen molar-refractivity contribution in [2.45, 2.75) is 6.18 Å². The number of methoxy groups -OCH3 is 1. The number of aliphatic imine (C=N–C) groups is 1. The van der Waals surface area contributed by atoms with E-state index in [1.54, 1.807) is 24.3 Å². The maximum atomic E-state index is 13.3. The minimum Gasteiger partial charge on any atom is -0.497 e. The first-order valence-corrected chi connectivity index (χ1v) is 7.68. The Kier molecular flexibility index (Phi) is 4.94. The summed E-state index contributed by atoms with van der Waals surface area (Å²) in [5.41, 5.74) is 0.902. The first-order valence-electron chi connectivity index (χ1n) is 7.68. The van der Waals surface area contributed by atoms with Crippen LogP contribution < -0.4 is 4.74 Å². The molecule has 27 heavy (non-hydrogen) atoms. The molecule has 3 rings (SSSR count). The van der Waals surface area contributed by atoms with Gasteiger partial charge in [-0.2, -0.15) is 18.4 Å². The summed E-state index contributed by atoms with van der Waals surface area (Å²) in [6.07, 6.45) is -3.66. The van der Waals surface area contributed by atoms with Crippen LogP contribution in [0.5, 0.6) is 5.75 Å². The van der Waals surface area contributed by atoms with Crippen LogP contribution in [0.3, 0.4) is 0 Å². The van der Waals surface area contributed by atoms with Crippen molar-refractivity contribution in [2.75, 3.05) is 7.11 Å². The molecule has 0 unspecified atom stereocenters. The summed E-state index contributed by atoms with van der Waals surface area (Å²) in [5.74, 6) is -0.632. The monoisotopic (exact) mass is 371 g/mol. The summed E-state index contributed by atoms with van der Waals surface area (Å²) in [4.78, 5) is 4.09. The lowest BCUT2D eigenvalue weighted by atomic mass is 10.0. The number of hydrogen-bond donors (Lipinski definition) is 0. The molecule has 3 aromatic rings. The number of rotatable bonds is 4. The number of aromatic nitrogens is 1. The molecule has 0 atom stereocenters. The second kappa shape index (κ2) is 7.33. The van der Waals surface area contributed by atoms with E-state index in [9.17, 15) is 13.2 Å². The second-order valence-electron chi connectivity index (χ2n) is 5.42. The standard InChI is InChI=1S/C19H12F3N3O2/c1-26-15-8-6-14(7-9-15)24-11-16-17(25-27-18(16)19(20,21)22)13-4-2-12(10-23)3-5-13/h2-9,11H,1H3. The lowest BCUT2D eigenvalue weighted by Gasteiger charge is -2.03. The topological polar surface area (TPSA) is 71.4 Å². The van der Waals surface area contributed by atoms with Crippen molar-refractivity contribution in [3.8, 4) is 23.1 Å². The number of ether oxygens (including phenoxy) is 1. The Balaban J connectivity index is 2.03. The highest BCUT2D eigenvalue weighted by atomic mass is 19.4. The number of hydrogen-bond acceptors (Lipinski definition) is 5. The molecule has 136 valence electrons. The van der Waals surface area contributed by atoms with Gasteiger partial charge in [-0.15, -0.1) is 0 Å². The van der Waals surface area contributed by atoms with Crippen molar-refractivity contribution >= 4 is 11.9 Å². The predicted octanol–water partition coefficient (Wildman–Crippen LogP) is 4.99. The van der Waals surface area contributed by atoms with Gasteiger partial charge in [-0.3, -0.25) is 4.99 Å². The fourth-order valence-electron chi connectivity index (χ4n) is 2.34. The van der Waals surface area contributed by atoms with Crippen molar-refractivity contribution in [3.63, 3.8) is 0 Å². The summed E-state index contributed by atoms with van der Waals surface area (Å²) in [6.45, 7) is 0. The molecule has 0 fully saturated rings. The molecular formula is C19H12F3N3O2. The van der Waals surface area contributed by atoms with E-state index >= 15 is 0 Å². The Morgan fingerprint density at radius 2 is 1.78 bits per heavy atom. The number of halogens is 3. The van der Waals surface area contributed by atoms with Crippen LogP contribution in [-0.2, 0) is 6.18 Å². The molecular weight excluding hydrogens is 359 g/mol. The van der Waals surface area contributed by atoms with E-state index in [-0.39, 0.29) is 11.3 Å². The van der Waals surface area contributed by atoms with Gasteiger partial charge in [0.25, 0.3) is 0 Å². The summed E-state index contributed by atoms with van der Waals surface area (Å²) in [7, 11) is 1.51. The Bertz CT molecular complexity index is 999. The number of nitriles is 1. The number of alkyl halides is 3. The minimum atomic E-state index is -4.72. The molecule has 0 amide bonds. The molecule has 0 radical (unpaired) electrons. The van der Waals surface area contributed by atoms with Crippen molar-refractivity contribution in [2.24, 2.45) is 4.99 Å². The molecule has 0 saturated carbocycles. The van der Waals surface area contributed by atoms with Gasteiger partial charge in [0.15, 0.2) is 0 Å². The molecule has 1 aromatic heterocycles. The van der Waals surface area contributed by atoms with Gasteiger partial charge in [-0.05, 0) is 36.4 Å². The molecule has 0 bridgehead atoms. The maximum absolute atomic E-state index is 13.3. The van der Waals surface area contributed by atoms with Crippen LogP contribution in [0.25, 0.3) is 11.3 Å². The Hall–Kier alpha value is -3.60. The molecule has 1 heterocycles. The highest BCUT2D eigenvalue weighted by Gasteiger charge is 2.40. The van der Waals surface area contributed by atoms with Crippen molar-refractivity contribution in [1.29, 1.82) is 5.26 Å². The normalized spacial score (nSPS) is 11.5. The van der Waals surface area contributed by atoms with Crippen molar-refractivity contribution in [1.82, 2.24) is 5.16 Å². The average Bonchev–Trinajstić information content (AvgIpc) is 3.11. The average molecular weight is 371 g/mol. The highest BCUT2D eigenvalue weighted by molar-refractivity contribution is 5.91. The zero-order valence-corrected chi connectivity index (χ0v) is 14.0. The lowest BCUT2D eigenvalue weighted by Crippen LogP contribution is -2.06. The zero-order chi connectivity index (χ0) is 19.4. The Morgan fingerprint density at radius 3 is 2.33 bits per heavy atom. The van der Waals surface area contributed by atoms with Crippen LogP contribution in [0.4, 0.5) is 18.9 Å². The van der Waals surface area contributed by atoms with E-state index in [0.29, 0.717) is 22.6 Å². The summed E-state index contributed by atoms with van der Waals surface area (Å²) < 4.78 is 49.4. The van der Waals surface area contributed by atoms with Gasteiger partial charge in [-0.25, -0.2) is 0 Å². The molecule has 0 aliphatic heterocycles. The van der Waals surface area contributed by atoms with E-state index in [0.717, 1.165) is 6.21 Å². The third-order valence-electron chi connectivity index (χ3n) is 3.69. The summed E-state index contributed by atoms with van der Waals surface area (Å²) in [5, 5.41) is 12.4. The van der Waals surface area contributed by atoms with E-state index in [2.05, 4.69) is 14.7 Å². The summed E-state index contributed by atoms with van der Waals surface area (Å²) >= 11 is 0. The van der Waals surface area contributed by atoms with Crippen LogP contribution in [0, 0.1) is 11.3 Å². The molecule has 0 saturated heterocycles. The van der Waals surface area contributed by atoms with Crippen molar-refractivity contribution in [3.05, 3.63) is 65.4 Å². The molecule has 0 aliphatic carbocycles. The first-order chi connectivity index (χ1) is 12.9. The van der Waals surface area contributed by atoms with Crippen LogP contribution >= 0.6 is 0 Å². The lowest BCUT2D eigenvalue weighted by molar-refractivity contribution is -0.155. The largest absolute Gasteiger partial charge is 0.497 e. The van der Waals surface area contributed by atoms with Crippen LogP contribution in [-0.4, -0.2) is 18.5 Å². The van der Waals surface area contributed by atoms with Gasteiger partial charge >= 0.3 is 6.18 Å². The van der Waals surface area contributed by atoms with E-state index in [1.807, 2.05) is 6.07 Å². The van der Waals surface area contributed by atoms with Gasteiger partial charge in [0, 0.05) is 11.8 Å². The molecule has 5 nitrogen and oxygen atoms in total. The quantitative estimate of drug-likeness (QED) is 0.606. The summed E-state index contributed by atoms with van der Waals surface area (Å²) in [6, 6.07) is 14.4. The van der Waals surface area contributed by atoms with Crippen molar-refractivity contribution < 1.29 is 22.4 Å². The molecule has 2 aromatic carbocycles. The minimum absolute atomic E-state index is 0.0101. The predicted molar refractivity (Wildman–Crippen MR) is 91.9 cm³/mol. The molecule has 0 N–H and O–H groups in total. The maximum Gasteiger partial charge on any atom is 0.453 e. The second-order valence-corrected chi connectivity index (χ2v) is 5.42. The third-order valence-corrected chi connectivity index (χ3v) is 3.69. The number of nitrogens with zero attached hydrogens (tertiary/aromatic N) is 3. The smallest absolute Gasteiger partial charge is 0.453 e. The van der Waals surface area contributed by atoms with Gasteiger partial charge < -0.3 is 9.26 Å². The Labute approximate surface area is 152 Å². The molecule has 0 spiro atoms. The van der Waals surface area contributed by atoms with E-state index in [4.69, 9.17) is 10.00 Å². The molecule has 8 heteroatoms. The van der Waals surface area contributed by atoms with Gasteiger partial charge in [0.2, 0.25) is 5.76 Å². The van der Waals surface area contributed by atoms with Gasteiger partial charge in [0.1, 0.15) is 11.4 Å². The van der Waals surface area contributed by atoms with Crippen LogP contribution in [0.2, 0.25) is 0 Å². The van der Waals surface area contributed by atoms with Gasteiger partial charge in [0.05, 0.1) is 30.0 Å². The first kappa shape index (κ1) is 18.2.